The van der Waals surface area contributed by atoms with Crippen LogP contribution < -0.4 is 5.32 Å². The van der Waals surface area contributed by atoms with E-state index in [4.69, 9.17) is 4.74 Å². The number of halogens is 1. The molecule has 21 heavy (non-hydrogen) atoms. The van der Waals surface area contributed by atoms with Crippen molar-refractivity contribution in [3.05, 3.63) is 35.3 Å². The van der Waals surface area contributed by atoms with E-state index in [2.05, 4.69) is 10.3 Å². The molecule has 0 unspecified atom stereocenters. The van der Waals surface area contributed by atoms with Crippen molar-refractivity contribution in [3.63, 3.8) is 0 Å². The molecule has 0 aliphatic carbocycles. The van der Waals surface area contributed by atoms with Crippen LogP contribution in [0.25, 0.3) is 10.9 Å². The maximum atomic E-state index is 13.6. The van der Waals surface area contributed by atoms with Crippen molar-refractivity contribution in [2.75, 3.05) is 25.6 Å². The van der Waals surface area contributed by atoms with Gasteiger partial charge in [0.1, 0.15) is 11.9 Å². The zero-order valence-corrected chi connectivity index (χ0v) is 11.9. The van der Waals surface area contributed by atoms with Crippen molar-refractivity contribution in [1.29, 1.82) is 5.26 Å². The molecule has 0 aliphatic heterocycles. The molecule has 6 heteroatoms. The van der Waals surface area contributed by atoms with E-state index < -0.39 is 11.9 Å². The molecule has 5 nitrogen and oxygen atoms in total. The van der Waals surface area contributed by atoms with Gasteiger partial charge in [-0.05, 0) is 24.6 Å². The van der Waals surface area contributed by atoms with Crippen molar-refractivity contribution >= 4 is 16.6 Å². The van der Waals surface area contributed by atoms with Crippen LogP contribution in [0.1, 0.15) is 11.1 Å². The van der Waals surface area contributed by atoms with Crippen LogP contribution in [0.3, 0.4) is 0 Å². The van der Waals surface area contributed by atoms with Crippen LogP contribution in [0, 0.1) is 24.1 Å². The van der Waals surface area contributed by atoms with Gasteiger partial charge in [0, 0.05) is 25.2 Å². The molecule has 1 aromatic heterocycles. The van der Waals surface area contributed by atoms with Gasteiger partial charge in [0.25, 0.3) is 0 Å². The number of aryl methyl sites for hydroxylation is 1. The largest absolute Gasteiger partial charge is 0.389 e. The Balaban J connectivity index is 2.46. The average molecular weight is 289 g/mol. The summed E-state index contributed by atoms with van der Waals surface area (Å²) in [6.07, 6.45) is 0.720. The number of nitrogens with one attached hydrogen (secondary N) is 1. The van der Waals surface area contributed by atoms with E-state index in [0.29, 0.717) is 27.7 Å². The molecular formula is C15H16FN3O2. The summed E-state index contributed by atoms with van der Waals surface area (Å²) in [7, 11) is 1.49. The SMILES string of the molecule is COC[C@H](O)CNc1c(C#N)cnc2c(C)cc(F)cc12. The van der Waals surface area contributed by atoms with E-state index in [1.165, 1.54) is 25.4 Å². The highest BCUT2D eigenvalue weighted by atomic mass is 19.1. The molecule has 2 rings (SSSR count). The summed E-state index contributed by atoms with van der Waals surface area (Å²) in [5.41, 5.74) is 2.09. The summed E-state index contributed by atoms with van der Waals surface area (Å²) in [6, 6.07) is 4.75. The number of aromatic nitrogens is 1. The first kappa shape index (κ1) is 15.2. The number of aliphatic hydroxyl groups excluding tert-OH is 1. The molecule has 0 radical (unpaired) electrons. The molecule has 2 N–H and O–H groups in total. The number of hydrogen-bond donors (Lipinski definition) is 2. The predicted octanol–water partition coefficient (Wildman–Crippen LogP) is 1.97. The van der Waals surface area contributed by atoms with Crippen LogP contribution in [0.2, 0.25) is 0 Å². The van der Waals surface area contributed by atoms with Crippen molar-refractivity contribution in [2.45, 2.75) is 13.0 Å². The molecule has 1 heterocycles. The van der Waals surface area contributed by atoms with Gasteiger partial charge < -0.3 is 15.2 Å². The molecule has 1 atom stereocenters. The van der Waals surface area contributed by atoms with Crippen LogP contribution in [0.4, 0.5) is 10.1 Å². The van der Waals surface area contributed by atoms with E-state index in [0.717, 1.165) is 0 Å². The lowest BCUT2D eigenvalue weighted by Crippen LogP contribution is -2.24. The fourth-order valence-electron chi connectivity index (χ4n) is 2.18. The van der Waals surface area contributed by atoms with Gasteiger partial charge in [0.05, 0.1) is 29.5 Å². The second kappa shape index (κ2) is 6.48. The molecule has 0 saturated heterocycles. The number of rotatable bonds is 5. The third-order valence-corrected chi connectivity index (χ3v) is 3.12. The quantitative estimate of drug-likeness (QED) is 0.880. The fraction of sp³-hybridized carbons (Fsp3) is 0.333. The zero-order chi connectivity index (χ0) is 15.4. The number of nitrogens with zero attached hydrogens (tertiary/aromatic N) is 2. The maximum Gasteiger partial charge on any atom is 0.124 e. The molecule has 0 spiro atoms. The normalized spacial score (nSPS) is 12.1. The molecule has 0 fully saturated rings. The second-order valence-corrected chi connectivity index (χ2v) is 4.77. The number of pyridine rings is 1. The summed E-state index contributed by atoms with van der Waals surface area (Å²) in [5.74, 6) is -0.391. The fourth-order valence-corrected chi connectivity index (χ4v) is 2.18. The van der Waals surface area contributed by atoms with E-state index in [1.807, 2.05) is 6.07 Å². The number of hydrogen-bond acceptors (Lipinski definition) is 5. The first-order chi connectivity index (χ1) is 10.1. The highest BCUT2D eigenvalue weighted by Gasteiger charge is 2.13. The van der Waals surface area contributed by atoms with Crippen molar-refractivity contribution in [1.82, 2.24) is 4.98 Å². The first-order valence-electron chi connectivity index (χ1n) is 6.46. The topological polar surface area (TPSA) is 78.2 Å². The van der Waals surface area contributed by atoms with Gasteiger partial charge in [-0.2, -0.15) is 5.26 Å². The minimum atomic E-state index is -0.723. The first-order valence-corrected chi connectivity index (χ1v) is 6.46. The number of ether oxygens (including phenoxy) is 1. The summed E-state index contributed by atoms with van der Waals surface area (Å²) in [5, 5.41) is 22.4. The standard InChI is InChI=1S/C15H16FN3O2/c1-9-3-11(16)4-13-14(9)18-6-10(5-17)15(13)19-7-12(20)8-21-2/h3-4,6,12,20H,7-8H2,1-2H3,(H,18,19)/t12-/m1/s1. The van der Waals surface area contributed by atoms with Gasteiger partial charge in [-0.1, -0.05) is 0 Å². The van der Waals surface area contributed by atoms with Gasteiger partial charge in [0.15, 0.2) is 0 Å². The van der Waals surface area contributed by atoms with Gasteiger partial charge in [-0.25, -0.2) is 4.39 Å². The Labute approximate surface area is 122 Å². The number of aliphatic hydroxyl groups is 1. The van der Waals surface area contributed by atoms with Gasteiger partial charge >= 0.3 is 0 Å². The monoisotopic (exact) mass is 289 g/mol. The highest BCUT2D eigenvalue weighted by Crippen LogP contribution is 2.28. The predicted molar refractivity (Wildman–Crippen MR) is 77.5 cm³/mol. The third kappa shape index (κ3) is 3.27. The number of anilines is 1. The number of methoxy groups -OCH3 is 1. The molecule has 0 amide bonds. The Kier molecular flexibility index (Phi) is 4.68. The van der Waals surface area contributed by atoms with Crippen LogP contribution in [-0.4, -0.2) is 36.5 Å². The Hall–Kier alpha value is -2.23. The highest BCUT2D eigenvalue weighted by molar-refractivity contribution is 5.95. The molecule has 1 aromatic carbocycles. The smallest absolute Gasteiger partial charge is 0.124 e. The van der Waals surface area contributed by atoms with E-state index in [1.54, 1.807) is 6.92 Å². The maximum absolute atomic E-state index is 13.6. The molecule has 0 saturated carbocycles. The number of nitriles is 1. The Morgan fingerprint density at radius 1 is 1.52 bits per heavy atom. The lowest BCUT2D eigenvalue weighted by atomic mass is 10.1. The van der Waals surface area contributed by atoms with Gasteiger partial charge in [0.2, 0.25) is 0 Å². The molecular weight excluding hydrogens is 273 g/mol. The number of benzene rings is 1. The minimum absolute atomic E-state index is 0.172. The zero-order valence-electron chi connectivity index (χ0n) is 11.9. The van der Waals surface area contributed by atoms with Crippen LogP contribution in [0.5, 0.6) is 0 Å². The van der Waals surface area contributed by atoms with Crippen LogP contribution in [0.15, 0.2) is 18.3 Å². The molecule has 110 valence electrons. The van der Waals surface area contributed by atoms with Crippen LogP contribution in [-0.2, 0) is 4.74 Å². The Morgan fingerprint density at radius 3 is 2.95 bits per heavy atom. The minimum Gasteiger partial charge on any atom is -0.389 e. The van der Waals surface area contributed by atoms with Crippen molar-refractivity contribution in [2.24, 2.45) is 0 Å². The third-order valence-electron chi connectivity index (χ3n) is 3.12. The lowest BCUT2D eigenvalue weighted by molar-refractivity contribution is 0.0728. The summed E-state index contributed by atoms with van der Waals surface area (Å²) in [4.78, 5) is 4.20. The molecule has 2 aromatic rings. The lowest BCUT2D eigenvalue weighted by Gasteiger charge is -2.15. The van der Waals surface area contributed by atoms with E-state index in [-0.39, 0.29) is 13.2 Å². The molecule has 0 bridgehead atoms. The van der Waals surface area contributed by atoms with Crippen molar-refractivity contribution < 1.29 is 14.2 Å². The Morgan fingerprint density at radius 2 is 2.29 bits per heavy atom. The van der Waals surface area contributed by atoms with E-state index in [9.17, 15) is 14.8 Å². The summed E-state index contributed by atoms with van der Waals surface area (Å²) in [6.45, 7) is 2.12. The van der Waals surface area contributed by atoms with Crippen molar-refractivity contribution in [3.8, 4) is 6.07 Å². The Bertz CT molecular complexity index is 697. The summed E-state index contributed by atoms with van der Waals surface area (Å²) < 4.78 is 18.5. The second-order valence-electron chi connectivity index (χ2n) is 4.77. The number of fused-ring (bicyclic) bond motifs is 1. The van der Waals surface area contributed by atoms with Gasteiger partial charge in [-0.15, -0.1) is 0 Å². The van der Waals surface area contributed by atoms with E-state index >= 15 is 0 Å². The molecule has 0 aliphatic rings. The van der Waals surface area contributed by atoms with Gasteiger partial charge in [-0.3, -0.25) is 4.98 Å². The summed E-state index contributed by atoms with van der Waals surface area (Å²) >= 11 is 0. The van der Waals surface area contributed by atoms with Crippen LogP contribution >= 0.6 is 0 Å². The average Bonchev–Trinajstić information content (AvgIpc) is 2.44.